The Bertz CT molecular complexity index is 306. The smallest absolute Gasteiger partial charge is 0.214 e. The van der Waals surface area contributed by atoms with Gasteiger partial charge in [-0.15, -0.1) is 0 Å². The summed E-state index contributed by atoms with van der Waals surface area (Å²) >= 11 is 1.82. The maximum atomic E-state index is 11.6. The molecule has 0 aliphatic carbocycles. The van der Waals surface area contributed by atoms with E-state index in [4.69, 9.17) is 0 Å². The normalized spacial score (nSPS) is 22.8. The molecule has 1 heterocycles. The minimum atomic E-state index is -2.92. The highest BCUT2D eigenvalue weighted by Crippen LogP contribution is 2.13. The standard InChI is InChI=1S/C10H22N2O2S2/c1-10(9-15-3)11(2)6-7-12-5-4-8-16(12,13)14/h10H,4-9H2,1-3H3/t10-/m0/s1. The van der Waals surface area contributed by atoms with Gasteiger partial charge in [0.05, 0.1) is 5.75 Å². The molecule has 0 bridgehead atoms. The number of sulfonamides is 1. The van der Waals surface area contributed by atoms with Gasteiger partial charge >= 0.3 is 0 Å². The number of likely N-dealkylation sites (N-methyl/N-ethyl adjacent to an activating group) is 1. The second kappa shape index (κ2) is 6.23. The molecule has 16 heavy (non-hydrogen) atoms. The first-order valence-electron chi connectivity index (χ1n) is 5.64. The van der Waals surface area contributed by atoms with Crippen LogP contribution in [0.3, 0.4) is 0 Å². The van der Waals surface area contributed by atoms with Gasteiger partial charge in [0.2, 0.25) is 10.0 Å². The Morgan fingerprint density at radius 3 is 2.69 bits per heavy atom. The molecule has 0 amide bonds. The van der Waals surface area contributed by atoms with Crippen molar-refractivity contribution < 1.29 is 8.42 Å². The van der Waals surface area contributed by atoms with E-state index in [2.05, 4.69) is 25.1 Å². The van der Waals surface area contributed by atoms with E-state index in [-0.39, 0.29) is 0 Å². The molecule has 6 heteroatoms. The fourth-order valence-electron chi connectivity index (χ4n) is 1.80. The second-order valence-corrected chi connectivity index (χ2v) is 7.35. The minimum Gasteiger partial charge on any atom is -0.302 e. The van der Waals surface area contributed by atoms with Gasteiger partial charge in [0.1, 0.15) is 0 Å². The van der Waals surface area contributed by atoms with Crippen LogP contribution in [-0.4, -0.2) is 68.1 Å². The van der Waals surface area contributed by atoms with Crippen molar-refractivity contribution in [3.8, 4) is 0 Å². The van der Waals surface area contributed by atoms with Crippen molar-refractivity contribution in [3.63, 3.8) is 0 Å². The first kappa shape index (κ1) is 14.3. The maximum Gasteiger partial charge on any atom is 0.214 e. The zero-order valence-corrected chi connectivity index (χ0v) is 12.0. The van der Waals surface area contributed by atoms with Crippen LogP contribution in [0.2, 0.25) is 0 Å². The highest BCUT2D eigenvalue weighted by Gasteiger charge is 2.27. The van der Waals surface area contributed by atoms with Crippen LogP contribution in [0.15, 0.2) is 0 Å². The number of thioether (sulfide) groups is 1. The van der Waals surface area contributed by atoms with E-state index >= 15 is 0 Å². The number of rotatable bonds is 6. The largest absolute Gasteiger partial charge is 0.302 e. The van der Waals surface area contributed by atoms with Crippen LogP contribution in [0, 0.1) is 0 Å². The quantitative estimate of drug-likeness (QED) is 0.710. The van der Waals surface area contributed by atoms with Gasteiger partial charge in [-0.2, -0.15) is 11.8 Å². The van der Waals surface area contributed by atoms with E-state index in [1.54, 1.807) is 4.31 Å². The summed E-state index contributed by atoms with van der Waals surface area (Å²) in [4.78, 5) is 2.23. The van der Waals surface area contributed by atoms with E-state index in [1.807, 2.05) is 11.8 Å². The summed E-state index contributed by atoms with van der Waals surface area (Å²) in [5.74, 6) is 1.42. The van der Waals surface area contributed by atoms with Gasteiger partial charge in [0.15, 0.2) is 0 Å². The first-order chi connectivity index (χ1) is 7.47. The maximum absolute atomic E-state index is 11.6. The van der Waals surface area contributed by atoms with Crippen LogP contribution in [0.25, 0.3) is 0 Å². The Kier molecular flexibility index (Phi) is 5.56. The average molecular weight is 266 g/mol. The lowest BCUT2D eigenvalue weighted by Gasteiger charge is -2.26. The fraction of sp³-hybridized carbons (Fsp3) is 1.00. The molecule has 1 aliphatic heterocycles. The molecule has 1 fully saturated rings. The van der Waals surface area contributed by atoms with Crippen molar-refractivity contribution in [2.45, 2.75) is 19.4 Å². The SMILES string of the molecule is CSC[C@H](C)N(C)CCN1CCCS1(=O)=O. The van der Waals surface area contributed by atoms with Crippen LogP contribution in [-0.2, 0) is 10.0 Å². The van der Waals surface area contributed by atoms with Crippen LogP contribution in [0.1, 0.15) is 13.3 Å². The molecule has 0 N–H and O–H groups in total. The second-order valence-electron chi connectivity index (χ2n) is 4.35. The molecule has 1 rings (SSSR count). The van der Waals surface area contributed by atoms with Gasteiger partial charge in [0.25, 0.3) is 0 Å². The Labute approximate surface area is 103 Å². The summed E-state index contributed by atoms with van der Waals surface area (Å²) in [6.45, 7) is 4.33. The van der Waals surface area contributed by atoms with Crippen molar-refractivity contribution in [2.24, 2.45) is 0 Å². The molecule has 4 nitrogen and oxygen atoms in total. The Morgan fingerprint density at radius 1 is 1.50 bits per heavy atom. The molecule has 0 saturated carbocycles. The third kappa shape index (κ3) is 3.91. The molecule has 0 aromatic carbocycles. The Balaban J connectivity index is 2.34. The molecule has 1 saturated heterocycles. The molecule has 96 valence electrons. The molecular weight excluding hydrogens is 244 g/mol. The summed E-state index contributed by atoms with van der Waals surface area (Å²) in [5.41, 5.74) is 0. The molecule has 0 unspecified atom stereocenters. The third-order valence-electron chi connectivity index (χ3n) is 3.07. The van der Waals surface area contributed by atoms with E-state index in [1.165, 1.54) is 0 Å². The summed E-state index contributed by atoms with van der Waals surface area (Å²) in [6, 6.07) is 0.500. The first-order valence-corrected chi connectivity index (χ1v) is 8.64. The number of nitrogens with zero attached hydrogens (tertiary/aromatic N) is 2. The molecule has 0 radical (unpaired) electrons. The minimum absolute atomic E-state index is 0.330. The summed E-state index contributed by atoms with van der Waals surface area (Å²) in [6.07, 6.45) is 2.88. The highest BCUT2D eigenvalue weighted by atomic mass is 32.2. The molecule has 0 spiro atoms. The zero-order chi connectivity index (χ0) is 12.2. The Hall–Kier alpha value is 0.220. The van der Waals surface area contributed by atoms with Gasteiger partial charge < -0.3 is 4.90 Å². The van der Waals surface area contributed by atoms with Crippen molar-refractivity contribution in [1.29, 1.82) is 0 Å². The topological polar surface area (TPSA) is 40.6 Å². The van der Waals surface area contributed by atoms with E-state index in [9.17, 15) is 8.42 Å². The van der Waals surface area contributed by atoms with Gasteiger partial charge in [-0.25, -0.2) is 12.7 Å². The number of hydrogen-bond donors (Lipinski definition) is 0. The van der Waals surface area contributed by atoms with E-state index in [0.717, 1.165) is 18.7 Å². The van der Waals surface area contributed by atoms with Crippen molar-refractivity contribution in [1.82, 2.24) is 9.21 Å². The van der Waals surface area contributed by atoms with Crippen molar-refractivity contribution in [3.05, 3.63) is 0 Å². The highest BCUT2D eigenvalue weighted by molar-refractivity contribution is 7.98. The van der Waals surface area contributed by atoms with E-state index < -0.39 is 10.0 Å². The average Bonchev–Trinajstić information content (AvgIpc) is 2.54. The van der Waals surface area contributed by atoms with Crippen molar-refractivity contribution >= 4 is 21.8 Å². The van der Waals surface area contributed by atoms with Crippen LogP contribution in [0.5, 0.6) is 0 Å². The lowest BCUT2D eigenvalue weighted by Crippen LogP contribution is -2.39. The third-order valence-corrected chi connectivity index (χ3v) is 5.84. The fourth-order valence-corrected chi connectivity index (χ4v) is 4.06. The lowest BCUT2D eigenvalue weighted by molar-refractivity contribution is 0.256. The molecule has 1 aliphatic rings. The Morgan fingerprint density at radius 2 is 2.19 bits per heavy atom. The predicted octanol–water partition coefficient (Wildman–Crippen LogP) is 0.705. The molecule has 0 aromatic heterocycles. The van der Waals surface area contributed by atoms with Gasteiger partial charge in [-0.3, -0.25) is 0 Å². The number of hydrogen-bond acceptors (Lipinski definition) is 4. The predicted molar refractivity (Wildman–Crippen MR) is 70.5 cm³/mol. The zero-order valence-electron chi connectivity index (χ0n) is 10.3. The summed E-state index contributed by atoms with van der Waals surface area (Å²) in [7, 11) is -0.860. The summed E-state index contributed by atoms with van der Waals surface area (Å²) in [5, 5.41) is 0. The van der Waals surface area contributed by atoms with Gasteiger partial charge in [-0.05, 0) is 26.6 Å². The van der Waals surface area contributed by atoms with Gasteiger partial charge in [0, 0.05) is 31.4 Å². The van der Waals surface area contributed by atoms with Crippen LogP contribution < -0.4 is 0 Å². The van der Waals surface area contributed by atoms with E-state index in [0.29, 0.717) is 24.9 Å². The molecule has 1 atom stereocenters. The van der Waals surface area contributed by atoms with Crippen molar-refractivity contribution in [2.75, 3.05) is 44.4 Å². The van der Waals surface area contributed by atoms with Crippen LogP contribution >= 0.6 is 11.8 Å². The lowest BCUT2D eigenvalue weighted by atomic mass is 10.3. The summed E-state index contributed by atoms with van der Waals surface area (Å²) < 4.78 is 24.8. The monoisotopic (exact) mass is 266 g/mol. The van der Waals surface area contributed by atoms with Crippen LogP contribution in [0.4, 0.5) is 0 Å². The molecule has 0 aromatic rings. The molecular formula is C10H22N2O2S2. The van der Waals surface area contributed by atoms with Gasteiger partial charge in [-0.1, -0.05) is 0 Å².